The lowest BCUT2D eigenvalue weighted by Crippen LogP contribution is -2.44. The van der Waals surface area contributed by atoms with Gasteiger partial charge >= 0.3 is 0 Å². The molecule has 1 aliphatic heterocycles. The van der Waals surface area contributed by atoms with E-state index in [0.29, 0.717) is 26.2 Å². The second-order valence-corrected chi connectivity index (χ2v) is 6.44. The van der Waals surface area contributed by atoms with Gasteiger partial charge in [0.2, 0.25) is 0 Å². The first kappa shape index (κ1) is 16.0. The standard InChI is InChI=1S/C19H24N2O2/c20-10-3-11-21(18-8-12-23-13-9-18)19(22)17-7-6-15-4-1-2-5-16(15)14-17/h6-7,14,18H,1-5,8-9,11-13H2. The van der Waals surface area contributed by atoms with Crippen molar-refractivity contribution in [3.63, 3.8) is 0 Å². The summed E-state index contributed by atoms with van der Waals surface area (Å²) in [5.74, 6) is 0.0699. The van der Waals surface area contributed by atoms with Crippen LogP contribution in [0.25, 0.3) is 0 Å². The monoisotopic (exact) mass is 312 g/mol. The van der Waals surface area contributed by atoms with Crippen LogP contribution in [-0.4, -0.2) is 36.6 Å². The Morgan fingerprint density at radius 3 is 2.70 bits per heavy atom. The average molecular weight is 312 g/mol. The summed E-state index contributed by atoms with van der Waals surface area (Å²) in [5.41, 5.74) is 3.49. The summed E-state index contributed by atoms with van der Waals surface area (Å²) >= 11 is 0. The number of amides is 1. The van der Waals surface area contributed by atoms with Crippen LogP contribution in [0.5, 0.6) is 0 Å². The molecule has 3 rings (SSSR count). The second-order valence-electron chi connectivity index (χ2n) is 6.44. The van der Waals surface area contributed by atoms with Crippen molar-refractivity contribution in [1.82, 2.24) is 4.90 Å². The lowest BCUT2D eigenvalue weighted by Gasteiger charge is -2.34. The Labute approximate surface area is 138 Å². The van der Waals surface area contributed by atoms with Gasteiger partial charge in [0.15, 0.2) is 0 Å². The number of fused-ring (bicyclic) bond motifs is 1. The Kier molecular flexibility index (Phi) is 5.30. The minimum Gasteiger partial charge on any atom is -0.381 e. The molecule has 4 heteroatoms. The number of benzene rings is 1. The third-order valence-electron chi connectivity index (χ3n) is 4.95. The molecule has 1 heterocycles. The molecule has 0 N–H and O–H groups in total. The Hall–Kier alpha value is -1.86. The highest BCUT2D eigenvalue weighted by molar-refractivity contribution is 5.94. The second kappa shape index (κ2) is 7.61. The van der Waals surface area contributed by atoms with Crippen LogP contribution in [0.3, 0.4) is 0 Å². The summed E-state index contributed by atoms with van der Waals surface area (Å²) in [6, 6.07) is 8.53. The lowest BCUT2D eigenvalue weighted by molar-refractivity contribution is 0.0296. The fourth-order valence-electron chi connectivity index (χ4n) is 3.65. The van der Waals surface area contributed by atoms with Crippen LogP contribution in [-0.2, 0) is 17.6 Å². The number of carbonyl (C=O) groups is 1. The molecule has 1 aromatic rings. The topological polar surface area (TPSA) is 53.3 Å². The highest BCUT2D eigenvalue weighted by Gasteiger charge is 2.26. The predicted octanol–water partition coefficient (Wildman–Crippen LogP) is 3.10. The molecule has 4 nitrogen and oxygen atoms in total. The molecule has 0 spiro atoms. The van der Waals surface area contributed by atoms with Crippen molar-refractivity contribution >= 4 is 5.91 Å². The first-order chi connectivity index (χ1) is 11.3. The van der Waals surface area contributed by atoms with Gasteiger partial charge in [0.1, 0.15) is 0 Å². The zero-order valence-electron chi connectivity index (χ0n) is 13.6. The molecule has 1 saturated heterocycles. The predicted molar refractivity (Wildman–Crippen MR) is 88.2 cm³/mol. The molecule has 0 aromatic heterocycles. The summed E-state index contributed by atoms with van der Waals surface area (Å²) in [5, 5.41) is 8.91. The summed E-state index contributed by atoms with van der Waals surface area (Å²) in [6.07, 6.45) is 6.77. The minimum atomic E-state index is 0.0699. The van der Waals surface area contributed by atoms with Gasteiger partial charge in [0, 0.05) is 31.4 Å². The molecule has 2 aliphatic rings. The van der Waals surface area contributed by atoms with Crippen LogP contribution < -0.4 is 0 Å². The molecular weight excluding hydrogens is 288 g/mol. The Bertz CT molecular complexity index is 600. The quantitative estimate of drug-likeness (QED) is 0.858. The van der Waals surface area contributed by atoms with Crippen molar-refractivity contribution in [2.45, 2.75) is 51.0 Å². The number of aryl methyl sites for hydroxylation is 2. The van der Waals surface area contributed by atoms with E-state index in [9.17, 15) is 4.79 Å². The lowest BCUT2D eigenvalue weighted by atomic mass is 9.90. The number of hydrogen-bond donors (Lipinski definition) is 0. The zero-order chi connectivity index (χ0) is 16.1. The van der Waals surface area contributed by atoms with Gasteiger partial charge in [-0.3, -0.25) is 4.79 Å². The van der Waals surface area contributed by atoms with Crippen molar-refractivity contribution in [2.24, 2.45) is 0 Å². The molecule has 0 atom stereocenters. The van der Waals surface area contributed by atoms with E-state index in [1.165, 1.54) is 24.0 Å². The first-order valence-electron chi connectivity index (χ1n) is 8.67. The molecule has 23 heavy (non-hydrogen) atoms. The van der Waals surface area contributed by atoms with Crippen LogP contribution >= 0.6 is 0 Å². The van der Waals surface area contributed by atoms with E-state index in [1.807, 2.05) is 11.0 Å². The smallest absolute Gasteiger partial charge is 0.254 e. The number of ether oxygens (including phenoxy) is 1. The van der Waals surface area contributed by atoms with Gasteiger partial charge in [-0.15, -0.1) is 0 Å². The van der Waals surface area contributed by atoms with Crippen molar-refractivity contribution in [3.8, 4) is 6.07 Å². The van der Waals surface area contributed by atoms with Crippen molar-refractivity contribution in [3.05, 3.63) is 34.9 Å². The highest BCUT2D eigenvalue weighted by atomic mass is 16.5. The van der Waals surface area contributed by atoms with E-state index in [0.717, 1.165) is 31.2 Å². The third-order valence-corrected chi connectivity index (χ3v) is 4.95. The largest absolute Gasteiger partial charge is 0.381 e. The molecule has 122 valence electrons. The Balaban J connectivity index is 1.80. The van der Waals surface area contributed by atoms with Crippen LogP contribution in [0.4, 0.5) is 0 Å². The van der Waals surface area contributed by atoms with E-state index in [1.54, 1.807) is 0 Å². The van der Waals surface area contributed by atoms with Gasteiger partial charge in [-0.1, -0.05) is 6.07 Å². The SMILES string of the molecule is N#CCCN(C(=O)c1ccc2c(c1)CCCC2)C1CCOCC1. The number of hydrogen-bond acceptors (Lipinski definition) is 3. The van der Waals surface area contributed by atoms with Gasteiger partial charge in [-0.05, 0) is 61.8 Å². The molecule has 1 aliphatic carbocycles. The molecular formula is C19H24N2O2. The molecule has 0 unspecified atom stereocenters. The number of nitriles is 1. The van der Waals surface area contributed by atoms with Crippen LogP contribution in [0, 0.1) is 11.3 Å². The van der Waals surface area contributed by atoms with E-state index in [2.05, 4.69) is 18.2 Å². The highest BCUT2D eigenvalue weighted by Crippen LogP contribution is 2.24. The molecule has 0 radical (unpaired) electrons. The van der Waals surface area contributed by atoms with Crippen molar-refractivity contribution in [2.75, 3.05) is 19.8 Å². The maximum absolute atomic E-state index is 13.0. The summed E-state index contributed by atoms with van der Waals surface area (Å²) in [7, 11) is 0. The Morgan fingerprint density at radius 1 is 1.22 bits per heavy atom. The van der Waals surface area contributed by atoms with E-state index in [-0.39, 0.29) is 11.9 Å². The number of rotatable bonds is 4. The average Bonchev–Trinajstić information content (AvgIpc) is 2.62. The summed E-state index contributed by atoms with van der Waals surface area (Å²) in [4.78, 5) is 14.9. The fraction of sp³-hybridized carbons (Fsp3) is 0.579. The van der Waals surface area contributed by atoms with E-state index >= 15 is 0 Å². The summed E-state index contributed by atoms with van der Waals surface area (Å²) < 4.78 is 5.41. The summed E-state index contributed by atoms with van der Waals surface area (Å²) in [6.45, 7) is 1.91. The van der Waals surface area contributed by atoms with Gasteiger partial charge in [0.05, 0.1) is 12.5 Å². The maximum atomic E-state index is 13.0. The molecule has 1 aromatic carbocycles. The first-order valence-corrected chi connectivity index (χ1v) is 8.67. The third kappa shape index (κ3) is 3.73. The number of carbonyl (C=O) groups excluding carboxylic acids is 1. The van der Waals surface area contributed by atoms with Crippen LogP contribution in [0.15, 0.2) is 18.2 Å². The minimum absolute atomic E-state index is 0.0699. The van der Waals surface area contributed by atoms with Crippen LogP contribution in [0.1, 0.15) is 53.6 Å². The molecule has 1 amide bonds. The molecule has 1 fully saturated rings. The normalized spacial score (nSPS) is 18.0. The Morgan fingerprint density at radius 2 is 1.96 bits per heavy atom. The van der Waals surface area contributed by atoms with Gasteiger partial charge in [0.25, 0.3) is 5.91 Å². The fourth-order valence-corrected chi connectivity index (χ4v) is 3.65. The zero-order valence-corrected chi connectivity index (χ0v) is 13.6. The molecule has 0 bridgehead atoms. The van der Waals surface area contributed by atoms with Crippen molar-refractivity contribution in [1.29, 1.82) is 5.26 Å². The van der Waals surface area contributed by atoms with Crippen molar-refractivity contribution < 1.29 is 9.53 Å². The van der Waals surface area contributed by atoms with Gasteiger partial charge in [-0.25, -0.2) is 0 Å². The maximum Gasteiger partial charge on any atom is 0.254 e. The van der Waals surface area contributed by atoms with E-state index < -0.39 is 0 Å². The van der Waals surface area contributed by atoms with Gasteiger partial charge in [-0.2, -0.15) is 5.26 Å². The van der Waals surface area contributed by atoms with E-state index in [4.69, 9.17) is 10.00 Å². The molecule has 0 saturated carbocycles. The number of nitrogens with zero attached hydrogens (tertiary/aromatic N) is 2. The van der Waals surface area contributed by atoms with Crippen LogP contribution in [0.2, 0.25) is 0 Å². The van der Waals surface area contributed by atoms with Gasteiger partial charge < -0.3 is 9.64 Å².